The number of hydrogen-bond donors (Lipinski definition) is 20. The van der Waals surface area contributed by atoms with E-state index in [4.69, 9.17) is 78.3 Å². The van der Waals surface area contributed by atoms with Crippen LogP contribution in [0.15, 0.2) is 109 Å². The van der Waals surface area contributed by atoms with Gasteiger partial charge in [-0.1, -0.05) is 85.6 Å². The highest BCUT2D eigenvalue weighted by Gasteiger charge is 2.53. The van der Waals surface area contributed by atoms with Crippen LogP contribution in [0.1, 0.15) is 131 Å². The van der Waals surface area contributed by atoms with E-state index in [1.165, 1.54) is 65.1 Å². The Bertz CT molecular complexity index is 4820. The Morgan fingerprint density at radius 2 is 1.24 bits per heavy atom. The minimum Gasteiger partial charge on any atom is -0.508 e. The van der Waals surface area contributed by atoms with E-state index in [1.54, 1.807) is 30.3 Å². The average Bonchev–Trinajstić information content (AvgIpc) is 0.763. The number of nitrogens with two attached hydrogens (primary N) is 3. The van der Waals surface area contributed by atoms with Crippen molar-refractivity contribution in [3.8, 4) is 57.1 Å². The number of halogens is 2. The predicted molar refractivity (Wildman–Crippen MR) is 421 cm³/mol. The van der Waals surface area contributed by atoms with Gasteiger partial charge in [-0.3, -0.25) is 38.4 Å². The standard InChI is InChI=1S/C81H97Cl2N11O25/c1-33(2)21-46(87-7)72(105)93-62-64(100)38-14-17-50(44(82)23-38)114-52-25-40-26-53(68(52)119-79-69(66(102)65(101)54(32-95)116-79)118-57-31-81(6,86)71(104)35(4)113-57)115-51-18-15-39(24-45(51)83)67(117-56-30-80(5,85)70(103)34(3)112-56)63-78(111)92-61(74(107)88-20-19-36-11-9-8-10-12-36)43-27-41(96)28-49(98)58(43)42-22-37(13-16-48(42)97)59(75(108)94-63)91-76(109)60(40)90-73(106)47(29-55(84)99)89-77(62)110/h8-18,22-28,33-35,46-47,54,56-57,59-67,69-71,79,87,95-98,100-104H,19-21,29-32,85-86H2,1-7H3,(H2,84,99)(H,88,107)(H,89,110)(H,90,106)(H,91,109)(H,92,111)(H,93,105)(H,94,108)/t34-,35-,46+,47-,54+,56-,57-,59+,60+,61-,62+,63-,64+,65+,66-,67+,69+,70-,71-,79-,80-,81-/m0/s1. The van der Waals surface area contributed by atoms with Gasteiger partial charge in [-0.25, -0.2) is 0 Å². The first kappa shape index (κ1) is 88.2. The number of aliphatic hydroxyl groups is 6. The maximum Gasteiger partial charge on any atom is 0.248 e. The zero-order chi connectivity index (χ0) is 86.1. The molecular formula is C81H97Cl2N11O25. The summed E-state index contributed by atoms with van der Waals surface area (Å²) in [6, 6.07) is 9.61. The van der Waals surface area contributed by atoms with Crippen LogP contribution in [-0.4, -0.2) is 216 Å². The molecule has 23 N–H and O–H groups in total. The highest BCUT2D eigenvalue weighted by atomic mass is 35.5. The maximum atomic E-state index is 16.6. The number of nitrogens with one attached hydrogen (secondary N) is 8. The monoisotopic (exact) mass is 1690 g/mol. The number of phenols is 3. The van der Waals surface area contributed by atoms with E-state index in [-0.39, 0.29) is 76.9 Å². The van der Waals surface area contributed by atoms with Crippen molar-refractivity contribution in [3.05, 3.63) is 153 Å². The molecule has 3 saturated heterocycles. The first-order chi connectivity index (χ1) is 56.3. The van der Waals surface area contributed by atoms with Crippen molar-refractivity contribution in [2.24, 2.45) is 23.1 Å². The molecule has 0 radical (unpaired) electrons. The Labute approximate surface area is 691 Å². The van der Waals surface area contributed by atoms with Crippen LogP contribution in [0.4, 0.5) is 0 Å². The van der Waals surface area contributed by atoms with E-state index >= 15 is 28.8 Å². The lowest BCUT2D eigenvalue weighted by Crippen LogP contribution is -2.64. The van der Waals surface area contributed by atoms with Crippen LogP contribution in [0, 0.1) is 5.92 Å². The van der Waals surface area contributed by atoms with Crippen molar-refractivity contribution >= 4 is 70.5 Å². The number of phenolic OH excluding ortho intramolecular Hbond substituents is 3. The van der Waals surface area contributed by atoms with Crippen molar-refractivity contribution < 1.29 is 122 Å². The summed E-state index contributed by atoms with van der Waals surface area (Å²) in [5.74, 6) is -14.7. The number of carbonyl (C=O) groups excluding carboxylic acids is 8. The lowest BCUT2D eigenvalue weighted by atomic mass is 9.86. The molecule has 119 heavy (non-hydrogen) atoms. The third kappa shape index (κ3) is 19.5. The number of aliphatic hydroxyl groups excluding tert-OH is 6. The normalized spacial score (nSPS) is 30.6. The molecule has 8 heterocycles. The molecule has 22 atom stereocenters. The average molecular weight is 1700 g/mol. The molecule has 8 aliphatic rings. The number of likely N-dealkylation sites (N-methyl/N-ethyl adjacent to an activating group) is 1. The maximum absolute atomic E-state index is 16.6. The Kier molecular flexibility index (Phi) is 27.0. The molecule has 3 fully saturated rings. The SMILES string of the molecule is CN[C@H](CC(C)C)C(=O)N[C@H]1C(=O)N[C@@H](CC(N)=O)C(=O)N[C@H]2C(=O)N[C@H]3C(=O)N[C@H](C(=O)N[C@H](C(=O)NCCc4ccccc4)c4cc(O)cc(O)c4-c4cc3ccc4O)[C@H](O[C@H]3C[C@](C)(N)[C@@H](O)[C@H](C)O3)c3ccc(c(Cl)c3)Oc3cc2cc(c3O[C@@H]2O[C@H](CO)[C@@H](O)[C@H](O)[C@H]2O[C@H]2C[C@](C)(N)[C@@H](O)[C@H](C)O2)Oc2ccc(cc2Cl)[C@H]1O. The van der Waals surface area contributed by atoms with Crippen LogP contribution in [-0.2, 0) is 68.5 Å². The van der Waals surface area contributed by atoms with Gasteiger partial charge in [0.25, 0.3) is 0 Å². The second kappa shape index (κ2) is 36.5. The molecule has 11 bridgehead atoms. The van der Waals surface area contributed by atoms with Gasteiger partial charge in [0.05, 0.1) is 53.5 Å². The third-order valence-corrected chi connectivity index (χ3v) is 22.3. The topological polar surface area (TPSA) is 567 Å². The Morgan fingerprint density at radius 1 is 0.647 bits per heavy atom. The first-order valence-corrected chi connectivity index (χ1v) is 39.2. The summed E-state index contributed by atoms with van der Waals surface area (Å²) in [5, 5.41) is 125. The highest BCUT2D eigenvalue weighted by molar-refractivity contribution is 6.32. The molecule has 6 aromatic rings. The second-order valence-electron chi connectivity index (χ2n) is 31.4. The van der Waals surface area contributed by atoms with Gasteiger partial charge in [0, 0.05) is 47.7 Å². The van der Waals surface area contributed by atoms with E-state index in [9.17, 15) is 55.5 Å². The van der Waals surface area contributed by atoms with Crippen LogP contribution in [0.2, 0.25) is 10.0 Å². The molecule has 640 valence electrons. The molecule has 38 heteroatoms. The number of ether oxygens (including phenoxy) is 8. The minimum atomic E-state index is -2.37. The van der Waals surface area contributed by atoms with E-state index in [1.807, 2.05) is 13.8 Å². The predicted octanol–water partition coefficient (Wildman–Crippen LogP) is 1.62. The van der Waals surface area contributed by atoms with Crippen LogP contribution >= 0.6 is 23.2 Å². The molecule has 14 rings (SSSR count). The molecular weight excluding hydrogens is 1600 g/mol. The number of rotatable bonds is 18. The van der Waals surface area contributed by atoms with Gasteiger partial charge in [-0.15, -0.1) is 0 Å². The molecule has 0 aliphatic carbocycles. The molecule has 36 nitrogen and oxygen atoms in total. The summed E-state index contributed by atoms with van der Waals surface area (Å²) in [4.78, 5) is 123. The summed E-state index contributed by atoms with van der Waals surface area (Å²) in [6.07, 6.45) is -22.4. The quantitative estimate of drug-likeness (QED) is 0.0581. The van der Waals surface area contributed by atoms with E-state index < -0.39 is 250 Å². The summed E-state index contributed by atoms with van der Waals surface area (Å²) >= 11 is 14.6. The fourth-order valence-corrected chi connectivity index (χ4v) is 15.8. The van der Waals surface area contributed by atoms with Crippen molar-refractivity contribution in [2.75, 3.05) is 20.2 Å². The largest absolute Gasteiger partial charge is 0.508 e. The molecule has 0 spiro atoms. The van der Waals surface area contributed by atoms with Crippen LogP contribution in [0.25, 0.3) is 11.1 Å². The molecule has 0 unspecified atom stereocenters. The zero-order valence-corrected chi connectivity index (χ0v) is 67.0. The lowest BCUT2D eigenvalue weighted by Gasteiger charge is -2.47. The van der Waals surface area contributed by atoms with Crippen molar-refractivity contribution in [2.45, 2.75) is 207 Å². The molecule has 0 saturated carbocycles. The fraction of sp³-hybridized carbons (Fsp3) is 0.457. The van der Waals surface area contributed by atoms with Gasteiger partial charge in [0.1, 0.15) is 95.5 Å². The van der Waals surface area contributed by atoms with Gasteiger partial charge in [0.15, 0.2) is 30.2 Å². The number of aromatic hydroxyl groups is 3. The molecule has 6 aromatic carbocycles. The van der Waals surface area contributed by atoms with Crippen molar-refractivity contribution in [3.63, 3.8) is 0 Å². The number of benzene rings is 6. The fourth-order valence-electron chi connectivity index (χ4n) is 15.3. The number of fused-ring (bicyclic) bond motifs is 15. The molecule has 8 aliphatic heterocycles. The number of carbonyl (C=O) groups is 8. The Hall–Kier alpha value is -10.1. The van der Waals surface area contributed by atoms with Crippen molar-refractivity contribution in [1.82, 2.24) is 42.5 Å². The number of amides is 8. The highest BCUT2D eigenvalue weighted by Crippen LogP contribution is 2.50. The summed E-state index contributed by atoms with van der Waals surface area (Å²) in [7, 11) is 1.48. The first-order valence-electron chi connectivity index (χ1n) is 38.5. The summed E-state index contributed by atoms with van der Waals surface area (Å²) in [6.45, 7) is 8.60. The van der Waals surface area contributed by atoms with Gasteiger partial charge >= 0.3 is 0 Å². The number of hydrogen-bond acceptors (Lipinski definition) is 28. The second-order valence-corrected chi connectivity index (χ2v) is 32.3. The van der Waals surface area contributed by atoms with Gasteiger partial charge < -0.3 is 144 Å². The van der Waals surface area contributed by atoms with Gasteiger partial charge in [-0.05, 0) is 141 Å². The van der Waals surface area contributed by atoms with Crippen molar-refractivity contribution in [1.29, 1.82) is 0 Å². The Morgan fingerprint density at radius 3 is 1.83 bits per heavy atom. The van der Waals surface area contributed by atoms with E-state index in [0.717, 1.165) is 54.1 Å². The van der Waals surface area contributed by atoms with Gasteiger partial charge in [0.2, 0.25) is 59.3 Å². The third-order valence-electron chi connectivity index (χ3n) is 21.7. The lowest BCUT2D eigenvalue weighted by molar-refractivity contribution is -0.333. The van der Waals surface area contributed by atoms with Gasteiger partial charge in [-0.2, -0.15) is 0 Å². The van der Waals surface area contributed by atoms with E-state index in [0.29, 0.717) is 0 Å². The minimum absolute atomic E-state index is 0.0789. The van der Waals surface area contributed by atoms with Crippen LogP contribution < -0.4 is 73.9 Å². The Balaban J connectivity index is 1.12. The molecule has 0 aromatic heterocycles. The molecule has 8 amide bonds. The van der Waals surface area contributed by atoms with Crippen LogP contribution in [0.5, 0.6) is 46.0 Å². The van der Waals surface area contributed by atoms with Crippen LogP contribution in [0.3, 0.4) is 0 Å². The zero-order valence-electron chi connectivity index (χ0n) is 65.5. The smallest absolute Gasteiger partial charge is 0.248 e. The van der Waals surface area contributed by atoms with E-state index in [2.05, 4.69) is 42.5 Å². The summed E-state index contributed by atoms with van der Waals surface area (Å²) in [5.41, 5.74) is 14.8. The summed E-state index contributed by atoms with van der Waals surface area (Å²) < 4.78 is 52.2. The number of primary amides is 1.